The molecule has 0 saturated carbocycles. The maximum atomic E-state index is 10.7. The predicted octanol–water partition coefficient (Wildman–Crippen LogP) is 1.50. The first kappa shape index (κ1) is 11.4. The van der Waals surface area contributed by atoms with Crippen LogP contribution in [0.5, 0.6) is 5.75 Å². The minimum absolute atomic E-state index is 0.0837. The second kappa shape index (κ2) is 4.43. The molecule has 0 amide bonds. The zero-order chi connectivity index (χ0) is 12.4. The van der Waals surface area contributed by atoms with Gasteiger partial charge in [0.05, 0.1) is 0 Å². The lowest BCUT2D eigenvalue weighted by atomic mass is 10.0. The fourth-order valence-corrected chi connectivity index (χ4v) is 1.76. The van der Waals surface area contributed by atoms with E-state index in [2.05, 4.69) is 0 Å². The van der Waals surface area contributed by atoms with Gasteiger partial charge < -0.3 is 15.9 Å². The molecule has 2 rings (SSSR count). The zero-order valence-electron chi connectivity index (χ0n) is 9.13. The van der Waals surface area contributed by atoms with E-state index >= 15 is 0 Å². The van der Waals surface area contributed by atoms with Gasteiger partial charge in [-0.3, -0.25) is 4.79 Å². The lowest BCUT2D eigenvalue weighted by molar-refractivity contribution is -0.138. The number of phenolic OH excluding ortho intramolecular Hbond substituents is 1. The largest absolute Gasteiger partial charge is 0.508 e. The Kier molecular flexibility index (Phi) is 2.97. The van der Waals surface area contributed by atoms with Crippen molar-refractivity contribution >= 4 is 16.7 Å². The molecule has 4 nitrogen and oxygen atoms in total. The van der Waals surface area contributed by atoms with Gasteiger partial charge in [-0.1, -0.05) is 24.3 Å². The van der Waals surface area contributed by atoms with Gasteiger partial charge in [0.15, 0.2) is 0 Å². The summed E-state index contributed by atoms with van der Waals surface area (Å²) in [6, 6.07) is 9.96. The average Bonchev–Trinajstić information content (AvgIpc) is 2.29. The molecule has 0 spiro atoms. The number of nitrogens with two attached hydrogens (primary N) is 1. The number of carbonyl (C=O) groups is 1. The molecule has 2 aromatic carbocycles. The van der Waals surface area contributed by atoms with Crippen molar-refractivity contribution in [2.45, 2.75) is 12.5 Å². The molecule has 0 aliphatic carbocycles. The molecule has 0 fully saturated rings. The molecule has 88 valence electrons. The number of aliphatic carboxylic acids is 1. The third-order valence-corrected chi connectivity index (χ3v) is 2.70. The summed E-state index contributed by atoms with van der Waals surface area (Å²) in [6.45, 7) is 0. The number of carboxylic acids is 1. The van der Waals surface area contributed by atoms with Crippen LogP contribution < -0.4 is 5.73 Å². The molecule has 1 unspecified atom stereocenters. The quantitative estimate of drug-likeness (QED) is 0.747. The molecule has 0 saturated heterocycles. The van der Waals surface area contributed by atoms with Crippen LogP contribution in [0.1, 0.15) is 5.56 Å². The maximum Gasteiger partial charge on any atom is 0.320 e. The van der Waals surface area contributed by atoms with Crippen molar-refractivity contribution in [1.82, 2.24) is 0 Å². The highest BCUT2D eigenvalue weighted by Crippen LogP contribution is 2.25. The molecule has 17 heavy (non-hydrogen) atoms. The van der Waals surface area contributed by atoms with E-state index in [1.54, 1.807) is 12.1 Å². The molecular weight excluding hydrogens is 218 g/mol. The molecule has 0 bridgehead atoms. The van der Waals surface area contributed by atoms with Gasteiger partial charge in [0.25, 0.3) is 0 Å². The summed E-state index contributed by atoms with van der Waals surface area (Å²) in [7, 11) is 0. The van der Waals surface area contributed by atoms with Gasteiger partial charge in [-0.25, -0.2) is 0 Å². The zero-order valence-corrected chi connectivity index (χ0v) is 9.13. The van der Waals surface area contributed by atoms with E-state index in [-0.39, 0.29) is 12.2 Å². The van der Waals surface area contributed by atoms with E-state index in [1.165, 1.54) is 0 Å². The SMILES string of the molecule is NC(Cc1cc2ccccc2cc1O)C(=O)O. The number of hydrogen-bond acceptors (Lipinski definition) is 3. The van der Waals surface area contributed by atoms with Crippen LogP contribution in [-0.4, -0.2) is 22.2 Å². The summed E-state index contributed by atoms with van der Waals surface area (Å²) >= 11 is 0. The number of carboxylic acid groups (broad SMARTS) is 1. The minimum atomic E-state index is -1.07. The van der Waals surface area contributed by atoms with Gasteiger partial charge >= 0.3 is 5.97 Å². The molecule has 1 atom stereocenters. The average molecular weight is 231 g/mol. The number of rotatable bonds is 3. The van der Waals surface area contributed by atoms with Gasteiger partial charge in [-0.05, 0) is 28.5 Å². The summed E-state index contributed by atoms with van der Waals surface area (Å²) in [5.74, 6) is -0.988. The summed E-state index contributed by atoms with van der Waals surface area (Å²) in [5.41, 5.74) is 6.01. The maximum absolute atomic E-state index is 10.7. The highest BCUT2D eigenvalue weighted by atomic mass is 16.4. The van der Waals surface area contributed by atoms with Crippen molar-refractivity contribution < 1.29 is 15.0 Å². The standard InChI is InChI=1S/C13H13NO3/c14-11(13(16)17)6-10-5-8-3-1-2-4-9(8)7-12(10)15/h1-5,7,11,15H,6,14H2,(H,16,17). The molecule has 4 N–H and O–H groups in total. The van der Waals surface area contributed by atoms with E-state index < -0.39 is 12.0 Å². The van der Waals surface area contributed by atoms with Crippen molar-refractivity contribution in [2.24, 2.45) is 5.73 Å². The van der Waals surface area contributed by atoms with Gasteiger partial charge in [-0.15, -0.1) is 0 Å². The van der Waals surface area contributed by atoms with Crippen molar-refractivity contribution in [3.8, 4) is 5.75 Å². The van der Waals surface area contributed by atoms with E-state index in [1.807, 2.05) is 24.3 Å². The Labute approximate surface area is 98.3 Å². The topological polar surface area (TPSA) is 83.5 Å². The Morgan fingerprint density at radius 2 is 1.82 bits per heavy atom. The Morgan fingerprint density at radius 3 is 2.41 bits per heavy atom. The number of fused-ring (bicyclic) bond motifs is 1. The Hall–Kier alpha value is -2.07. The molecule has 0 aliphatic heterocycles. The van der Waals surface area contributed by atoms with Gasteiger partial charge in [-0.2, -0.15) is 0 Å². The van der Waals surface area contributed by atoms with Crippen molar-refractivity contribution in [2.75, 3.05) is 0 Å². The number of hydrogen-bond donors (Lipinski definition) is 3. The first-order valence-electron chi connectivity index (χ1n) is 5.27. The number of aromatic hydroxyl groups is 1. The third-order valence-electron chi connectivity index (χ3n) is 2.70. The molecule has 4 heteroatoms. The van der Waals surface area contributed by atoms with Gasteiger partial charge in [0.1, 0.15) is 11.8 Å². The highest BCUT2D eigenvalue weighted by Gasteiger charge is 2.14. The van der Waals surface area contributed by atoms with E-state index in [9.17, 15) is 9.90 Å². The van der Waals surface area contributed by atoms with Crippen LogP contribution in [0.2, 0.25) is 0 Å². The smallest absolute Gasteiger partial charge is 0.320 e. The van der Waals surface area contributed by atoms with Crippen LogP contribution in [-0.2, 0) is 11.2 Å². The van der Waals surface area contributed by atoms with E-state index in [0.29, 0.717) is 5.56 Å². The lowest BCUT2D eigenvalue weighted by Gasteiger charge is -2.09. The Bertz CT molecular complexity index is 566. The molecule has 0 radical (unpaired) electrons. The molecule has 2 aromatic rings. The Morgan fingerprint density at radius 1 is 1.24 bits per heavy atom. The summed E-state index contributed by atoms with van der Waals surface area (Å²) in [5, 5.41) is 20.4. The second-order valence-electron chi connectivity index (χ2n) is 3.98. The third kappa shape index (κ3) is 2.37. The normalized spacial score (nSPS) is 12.5. The van der Waals surface area contributed by atoms with Crippen molar-refractivity contribution in [3.63, 3.8) is 0 Å². The predicted molar refractivity (Wildman–Crippen MR) is 64.9 cm³/mol. The molecule has 0 aromatic heterocycles. The lowest BCUT2D eigenvalue weighted by Crippen LogP contribution is -2.32. The van der Waals surface area contributed by atoms with Crippen LogP contribution in [0.3, 0.4) is 0 Å². The van der Waals surface area contributed by atoms with Gasteiger partial charge in [0, 0.05) is 6.42 Å². The summed E-state index contributed by atoms with van der Waals surface area (Å²) in [4.78, 5) is 10.7. The van der Waals surface area contributed by atoms with E-state index in [4.69, 9.17) is 10.8 Å². The first-order valence-corrected chi connectivity index (χ1v) is 5.27. The first-order chi connectivity index (χ1) is 8.08. The monoisotopic (exact) mass is 231 g/mol. The van der Waals surface area contributed by atoms with Crippen molar-refractivity contribution in [1.29, 1.82) is 0 Å². The fourth-order valence-electron chi connectivity index (χ4n) is 1.76. The Balaban J connectivity index is 2.40. The summed E-state index contributed by atoms with van der Waals surface area (Å²) in [6.07, 6.45) is 0.117. The van der Waals surface area contributed by atoms with Crippen LogP contribution in [0.25, 0.3) is 10.8 Å². The number of phenols is 1. The van der Waals surface area contributed by atoms with Gasteiger partial charge in [0.2, 0.25) is 0 Å². The second-order valence-corrected chi connectivity index (χ2v) is 3.98. The molecular formula is C13H13NO3. The van der Waals surface area contributed by atoms with E-state index in [0.717, 1.165) is 10.8 Å². The minimum Gasteiger partial charge on any atom is -0.508 e. The molecule has 0 heterocycles. The number of benzene rings is 2. The van der Waals surface area contributed by atoms with Crippen LogP contribution in [0, 0.1) is 0 Å². The van der Waals surface area contributed by atoms with Crippen molar-refractivity contribution in [3.05, 3.63) is 42.0 Å². The van der Waals surface area contributed by atoms with Crippen LogP contribution >= 0.6 is 0 Å². The summed E-state index contributed by atoms with van der Waals surface area (Å²) < 4.78 is 0. The molecule has 0 aliphatic rings. The van der Waals surface area contributed by atoms with Crippen LogP contribution in [0.15, 0.2) is 36.4 Å². The fraction of sp³-hybridized carbons (Fsp3) is 0.154. The highest BCUT2D eigenvalue weighted by molar-refractivity contribution is 5.85. The van der Waals surface area contributed by atoms with Crippen LogP contribution in [0.4, 0.5) is 0 Å².